The molecular weight excluding hydrogens is 341 g/mol. The van der Waals surface area contributed by atoms with Crippen LogP contribution in [-0.2, 0) is 6.54 Å². The fourth-order valence-electron chi connectivity index (χ4n) is 3.48. The van der Waals surface area contributed by atoms with Gasteiger partial charge in [0.25, 0.3) is 0 Å². The van der Waals surface area contributed by atoms with Gasteiger partial charge in [0.15, 0.2) is 0 Å². The Balaban J connectivity index is 1.92. The largest absolute Gasteiger partial charge is 0.393 e. The Bertz CT molecular complexity index is 1080. The summed E-state index contributed by atoms with van der Waals surface area (Å²) in [5.74, 6) is -0.248. The van der Waals surface area contributed by atoms with E-state index in [9.17, 15) is 9.50 Å². The molecule has 0 saturated carbocycles. The average Bonchev–Trinajstić information content (AvgIpc) is 3.22. The topological polar surface area (TPSA) is 53.8 Å². The van der Waals surface area contributed by atoms with Gasteiger partial charge in [-0.2, -0.15) is 0 Å². The Kier molecular flexibility index (Phi) is 4.54. The van der Waals surface area contributed by atoms with Gasteiger partial charge in [-0.15, -0.1) is 0 Å². The molecule has 0 spiro atoms. The molecule has 2 aromatic carbocycles. The number of hydrogen-bond acceptors (Lipinski definition) is 2. The molecule has 0 aliphatic heterocycles. The number of fused-ring (bicyclic) bond motifs is 1. The number of nitrogens with zero attached hydrogens (tertiary/aromatic N) is 2. The molecule has 0 radical (unpaired) electrons. The molecule has 4 nitrogen and oxygen atoms in total. The number of aliphatic hydroxyl groups excluding tert-OH is 1. The van der Waals surface area contributed by atoms with Crippen LogP contribution in [0.15, 0.2) is 54.9 Å². The number of nitrogens with one attached hydrogen (secondary N) is 1. The molecule has 2 aromatic heterocycles. The minimum Gasteiger partial charge on any atom is -0.393 e. The zero-order valence-corrected chi connectivity index (χ0v) is 15.4. The Morgan fingerprint density at radius 1 is 1.19 bits per heavy atom. The monoisotopic (exact) mass is 363 g/mol. The minimum atomic E-state index is -0.390. The molecule has 5 heteroatoms. The average molecular weight is 363 g/mol. The molecule has 1 unspecified atom stereocenters. The van der Waals surface area contributed by atoms with Crippen molar-refractivity contribution in [3.8, 4) is 22.6 Å². The molecule has 4 rings (SSSR count). The number of aromatic nitrogens is 3. The summed E-state index contributed by atoms with van der Waals surface area (Å²) in [6, 6.07) is 14.8. The van der Waals surface area contributed by atoms with E-state index in [4.69, 9.17) is 0 Å². The lowest BCUT2D eigenvalue weighted by molar-refractivity contribution is 0.178. The number of benzene rings is 2. The van der Waals surface area contributed by atoms with Crippen molar-refractivity contribution in [2.45, 2.75) is 32.9 Å². The second-order valence-corrected chi connectivity index (χ2v) is 6.95. The second kappa shape index (κ2) is 7.00. The number of aryl methyl sites for hydroxylation is 2. The molecule has 0 saturated heterocycles. The summed E-state index contributed by atoms with van der Waals surface area (Å²) >= 11 is 0. The molecular formula is C22H22FN3O. The lowest BCUT2D eigenvalue weighted by Gasteiger charge is -2.11. The van der Waals surface area contributed by atoms with Gasteiger partial charge in [-0.3, -0.25) is 0 Å². The molecule has 1 atom stereocenters. The number of rotatable bonds is 5. The van der Waals surface area contributed by atoms with Crippen LogP contribution in [0.2, 0.25) is 0 Å². The van der Waals surface area contributed by atoms with E-state index in [-0.39, 0.29) is 5.82 Å². The van der Waals surface area contributed by atoms with Crippen molar-refractivity contribution in [1.29, 1.82) is 0 Å². The van der Waals surface area contributed by atoms with Crippen molar-refractivity contribution in [2.75, 3.05) is 0 Å². The van der Waals surface area contributed by atoms with Gasteiger partial charge in [0.1, 0.15) is 5.82 Å². The van der Waals surface area contributed by atoms with Crippen LogP contribution in [0, 0.1) is 12.7 Å². The summed E-state index contributed by atoms with van der Waals surface area (Å²) in [5, 5.41) is 10.6. The first kappa shape index (κ1) is 17.5. The third-order valence-corrected chi connectivity index (χ3v) is 4.93. The highest BCUT2D eigenvalue weighted by atomic mass is 19.1. The highest BCUT2D eigenvalue weighted by Crippen LogP contribution is 2.36. The summed E-state index contributed by atoms with van der Waals surface area (Å²) in [6.45, 7) is 4.43. The van der Waals surface area contributed by atoms with Crippen molar-refractivity contribution < 1.29 is 9.50 Å². The van der Waals surface area contributed by atoms with Crippen molar-refractivity contribution in [2.24, 2.45) is 0 Å². The van der Waals surface area contributed by atoms with Crippen molar-refractivity contribution >= 4 is 10.9 Å². The van der Waals surface area contributed by atoms with E-state index in [1.165, 1.54) is 6.07 Å². The van der Waals surface area contributed by atoms with Gasteiger partial charge in [-0.25, -0.2) is 9.37 Å². The van der Waals surface area contributed by atoms with Crippen LogP contribution in [0.3, 0.4) is 0 Å². The van der Waals surface area contributed by atoms with E-state index in [2.05, 4.69) is 14.5 Å². The van der Waals surface area contributed by atoms with E-state index in [1.807, 2.05) is 43.6 Å². The third-order valence-electron chi connectivity index (χ3n) is 4.93. The zero-order chi connectivity index (χ0) is 19.0. The first-order valence-electron chi connectivity index (χ1n) is 9.11. The Morgan fingerprint density at radius 3 is 2.70 bits per heavy atom. The Morgan fingerprint density at radius 2 is 1.96 bits per heavy atom. The molecule has 0 fully saturated rings. The van der Waals surface area contributed by atoms with Gasteiger partial charge in [-0.1, -0.05) is 30.3 Å². The molecule has 27 heavy (non-hydrogen) atoms. The quantitative estimate of drug-likeness (QED) is 0.529. The van der Waals surface area contributed by atoms with Gasteiger partial charge in [0, 0.05) is 23.0 Å². The molecule has 2 N–H and O–H groups in total. The molecule has 138 valence electrons. The van der Waals surface area contributed by atoms with Crippen LogP contribution in [0.1, 0.15) is 18.9 Å². The van der Waals surface area contributed by atoms with E-state index in [0.29, 0.717) is 13.0 Å². The highest BCUT2D eigenvalue weighted by molar-refractivity contribution is 5.92. The van der Waals surface area contributed by atoms with Crippen LogP contribution >= 0.6 is 0 Å². The maximum atomic E-state index is 13.7. The molecule has 0 amide bonds. The number of aromatic amines is 1. The molecule has 4 aromatic rings. The summed E-state index contributed by atoms with van der Waals surface area (Å²) in [5.41, 5.74) is 5.66. The summed E-state index contributed by atoms with van der Waals surface area (Å²) in [6.07, 6.45) is 2.05. The van der Waals surface area contributed by atoms with E-state index >= 15 is 0 Å². The smallest absolute Gasteiger partial charge is 0.123 e. The van der Waals surface area contributed by atoms with Gasteiger partial charge in [0.2, 0.25) is 0 Å². The fourth-order valence-corrected chi connectivity index (χ4v) is 3.48. The Hall–Kier alpha value is -2.92. The lowest BCUT2D eigenvalue weighted by atomic mass is 10.1. The third kappa shape index (κ3) is 3.26. The highest BCUT2D eigenvalue weighted by Gasteiger charge is 2.20. The van der Waals surface area contributed by atoms with Crippen molar-refractivity contribution in [3.63, 3.8) is 0 Å². The number of H-pyrrole nitrogens is 1. The van der Waals surface area contributed by atoms with Gasteiger partial charge < -0.3 is 14.7 Å². The number of halogens is 1. The second-order valence-electron chi connectivity index (χ2n) is 6.95. The summed E-state index contributed by atoms with van der Waals surface area (Å²) < 4.78 is 15.8. The normalized spacial score (nSPS) is 12.6. The lowest BCUT2D eigenvalue weighted by Crippen LogP contribution is -2.07. The first-order valence-corrected chi connectivity index (χ1v) is 9.11. The number of imidazole rings is 1. The summed E-state index contributed by atoms with van der Waals surface area (Å²) in [4.78, 5) is 8.10. The first-order chi connectivity index (χ1) is 13.0. The Labute approximate surface area is 157 Å². The van der Waals surface area contributed by atoms with Crippen LogP contribution in [0.5, 0.6) is 0 Å². The van der Waals surface area contributed by atoms with E-state index in [0.717, 1.165) is 39.1 Å². The van der Waals surface area contributed by atoms with Crippen LogP contribution in [0.25, 0.3) is 33.5 Å². The molecule has 2 heterocycles. The van der Waals surface area contributed by atoms with Crippen LogP contribution in [-0.4, -0.2) is 25.7 Å². The SMILES string of the molecule is Cc1c(-c2c(-c3ccccc3)ncn2CCC(C)O)[nH]c2ccc(F)cc12. The van der Waals surface area contributed by atoms with E-state index in [1.54, 1.807) is 19.1 Å². The number of aliphatic hydroxyl groups is 1. The molecule has 0 aliphatic rings. The maximum absolute atomic E-state index is 13.7. The van der Waals surface area contributed by atoms with Crippen molar-refractivity contribution in [3.05, 3.63) is 66.2 Å². The fraction of sp³-hybridized carbons (Fsp3) is 0.227. The number of hydrogen-bond donors (Lipinski definition) is 2. The van der Waals surface area contributed by atoms with Gasteiger partial charge >= 0.3 is 0 Å². The molecule has 0 aliphatic carbocycles. The van der Waals surface area contributed by atoms with Crippen LogP contribution in [0.4, 0.5) is 4.39 Å². The predicted molar refractivity (Wildman–Crippen MR) is 106 cm³/mol. The van der Waals surface area contributed by atoms with Gasteiger partial charge in [-0.05, 0) is 44.0 Å². The maximum Gasteiger partial charge on any atom is 0.123 e. The van der Waals surface area contributed by atoms with E-state index < -0.39 is 6.10 Å². The standard InChI is InChI=1S/C22H22FN3O/c1-14(27)10-11-26-13-24-21(16-6-4-3-5-7-16)22(26)20-15(2)18-12-17(23)8-9-19(18)25-20/h3-9,12-14,25,27H,10-11H2,1-2H3. The van der Waals surface area contributed by atoms with Crippen molar-refractivity contribution in [1.82, 2.24) is 14.5 Å². The summed E-state index contributed by atoms with van der Waals surface area (Å²) in [7, 11) is 0. The van der Waals surface area contributed by atoms with Gasteiger partial charge in [0.05, 0.1) is 29.5 Å². The molecule has 0 bridgehead atoms. The zero-order valence-electron chi connectivity index (χ0n) is 15.4. The van der Waals surface area contributed by atoms with Crippen LogP contribution < -0.4 is 0 Å². The minimum absolute atomic E-state index is 0.248. The predicted octanol–water partition coefficient (Wildman–Crippen LogP) is 4.92.